The average Bonchev–Trinajstić information content (AvgIpc) is 4.40. The minimum Gasteiger partial charge on any atom is -0.452 e. The molecule has 8 aromatic heterocycles. The lowest BCUT2D eigenvalue weighted by Crippen LogP contribution is -2.39. The van der Waals surface area contributed by atoms with Crippen molar-refractivity contribution in [2.24, 2.45) is 0 Å². The van der Waals surface area contributed by atoms with Crippen molar-refractivity contribution in [2.45, 2.75) is 51.4 Å². The van der Waals surface area contributed by atoms with E-state index in [0.29, 0.717) is 0 Å². The van der Waals surface area contributed by atoms with Crippen LogP contribution in [0.15, 0.2) is 174 Å². The highest BCUT2D eigenvalue weighted by molar-refractivity contribution is 7.07. The number of nitrogens with zero attached hydrogens (tertiary/aromatic N) is 9. The van der Waals surface area contributed by atoms with Crippen LogP contribution < -0.4 is 26.6 Å². The summed E-state index contributed by atoms with van der Waals surface area (Å²) >= 11 is 3.06. The molecule has 0 spiro atoms. The fourth-order valence-electron chi connectivity index (χ4n) is 5.37. The summed E-state index contributed by atoms with van der Waals surface area (Å²) in [4.78, 5) is 24.8. The smallest absolute Gasteiger partial charge is 0.180 e. The summed E-state index contributed by atoms with van der Waals surface area (Å²) in [5.74, 6) is 0. The van der Waals surface area contributed by atoms with Gasteiger partial charge >= 0.3 is 0 Å². The SMILES string of the molecule is C1CCNC1.C1CCNCC1.C1CCOCC1.C1CNCCN1.C1COCCN1.C1COCCO1.c1c[nH]cn1.c1ccncc1.c1cn[nH]c1.c1cncnc1.c1cnoc1.c1cnsc1.c1cocn1.c1cscn1. The fourth-order valence-corrected chi connectivity index (χ4v) is 6.07. The van der Waals surface area contributed by atoms with Gasteiger partial charge in [0.05, 0.1) is 63.9 Å². The maximum atomic E-state index is 5.07. The summed E-state index contributed by atoms with van der Waals surface area (Å²) in [7, 11) is 0. The highest BCUT2D eigenvalue weighted by Crippen LogP contribution is 2.02. The van der Waals surface area contributed by atoms with Crippen LogP contribution in [0.5, 0.6) is 0 Å². The third kappa shape index (κ3) is 64.2. The zero-order valence-electron chi connectivity index (χ0n) is 44.8. The quantitative estimate of drug-likeness (QED) is 0.0794. The molecule has 0 unspecified atom stereocenters. The molecule has 22 nitrogen and oxygen atoms in total. The van der Waals surface area contributed by atoms with Crippen molar-refractivity contribution in [1.29, 1.82) is 0 Å². The maximum absolute atomic E-state index is 5.07. The van der Waals surface area contributed by atoms with Gasteiger partial charge in [-0.1, -0.05) is 17.6 Å². The summed E-state index contributed by atoms with van der Waals surface area (Å²) in [5, 5.41) is 29.5. The maximum Gasteiger partial charge on any atom is 0.180 e. The van der Waals surface area contributed by atoms with E-state index in [1.807, 2.05) is 41.1 Å². The third-order valence-electron chi connectivity index (χ3n) is 9.03. The zero-order valence-corrected chi connectivity index (χ0v) is 46.4. The van der Waals surface area contributed by atoms with Gasteiger partial charge in [0.1, 0.15) is 18.9 Å². The van der Waals surface area contributed by atoms with Gasteiger partial charge in [0, 0.05) is 125 Å². The topological polar surface area (TPSA) is 271 Å². The van der Waals surface area contributed by atoms with Gasteiger partial charge in [-0.25, -0.2) is 24.3 Å². The molecule has 77 heavy (non-hydrogen) atoms. The number of thiazole rings is 1. The first-order valence-corrected chi connectivity index (χ1v) is 27.9. The molecule has 0 bridgehead atoms. The summed E-state index contributed by atoms with van der Waals surface area (Å²) in [6, 6.07) is 13.0. The normalized spacial score (nSPS) is 15.3. The summed E-state index contributed by atoms with van der Waals surface area (Å²) in [5.41, 5.74) is 1.79. The Hall–Kier alpha value is -6.03. The van der Waals surface area contributed by atoms with E-state index in [-0.39, 0.29) is 0 Å². The van der Waals surface area contributed by atoms with Gasteiger partial charge in [-0.2, -0.15) is 5.10 Å². The Bertz CT molecular complexity index is 1440. The fraction of sp³-hybridized carbons (Fsp3) is 0.491. The Labute approximate surface area is 464 Å². The monoisotopic (exact) mass is 1110 g/mol. The van der Waals surface area contributed by atoms with Gasteiger partial charge in [-0.15, -0.1) is 11.3 Å². The van der Waals surface area contributed by atoms with Gasteiger partial charge in [0.2, 0.25) is 0 Å². The van der Waals surface area contributed by atoms with E-state index in [9.17, 15) is 0 Å². The van der Waals surface area contributed by atoms with Crippen LogP contribution in [0.4, 0.5) is 0 Å². The first kappa shape index (κ1) is 69.0. The molecule has 0 saturated carbocycles. The number of piperazine rings is 1. The lowest BCUT2D eigenvalue weighted by atomic mass is 10.2. The van der Waals surface area contributed by atoms with Crippen molar-refractivity contribution in [2.75, 3.05) is 118 Å². The second-order valence-corrected chi connectivity index (χ2v) is 16.7. The van der Waals surface area contributed by atoms with Gasteiger partial charge in [-0.3, -0.25) is 15.1 Å². The van der Waals surface area contributed by atoms with E-state index >= 15 is 0 Å². The Morgan fingerprint density at radius 3 is 1.19 bits per heavy atom. The number of piperidine rings is 1. The first-order valence-electron chi connectivity index (χ1n) is 26.1. The molecule has 0 radical (unpaired) electrons. The van der Waals surface area contributed by atoms with Crippen LogP contribution in [0.3, 0.4) is 0 Å². The van der Waals surface area contributed by atoms with E-state index in [2.05, 4.69) is 90.1 Å². The Kier molecular flexibility index (Phi) is 59.2. The molecule has 0 aliphatic carbocycles. The molecule has 6 saturated heterocycles. The number of ether oxygens (including phenoxy) is 4. The molecule has 0 atom stereocenters. The number of aromatic nitrogens is 11. The Balaban J connectivity index is 0.000000415. The molecular formula is C53H86N16O6S2. The van der Waals surface area contributed by atoms with Crippen molar-refractivity contribution >= 4 is 22.9 Å². The number of H-pyrrole nitrogens is 2. The van der Waals surface area contributed by atoms with Crippen LogP contribution >= 0.6 is 22.9 Å². The second kappa shape index (κ2) is 66.1. The van der Waals surface area contributed by atoms with Crippen molar-refractivity contribution in [3.05, 3.63) is 165 Å². The predicted octanol–water partition coefficient (Wildman–Crippen LogP) is 7.15. The van der Waals surface area contributed by atoms with Gasteiger partial charge in [-0.05, 0) is 119 Å². The van der Waals surface area contributed by atoms with Gasteiger partial charge < -0.3 is 59.5 Å². The van der Waals surface area contributed by atoms with Crippen LogP contribution in [0.2, 0.25) is 0 Å². The minimum absolute atomic E-state index is 0.778. The highest BCUT2D eigenvalue weighted by Gasteiger charge is 1.97. The molecule has 7 N–H and O–H groups in total. The van der Waals surface area contributed by atoms with Crippen LogP contribution in [0, 0.1) is 0 Å². The summed E-state index contributed by atoms with van der Waals surface area (Å²) in [6.07, 6.45) is 38.9. The molecule has 6 aliphatic rings. The zero-order chi connectivity index (χ0) is 54.4. The lowest BCUT2D eigenvalue weighted by molar-refractivity contribution is -0.0334. The standard InChI is InChI=1S/C5H11N.C5H5N.C5H10O.C4H10N2.C4H4N2.C4H9NO.C4H9N.C4H8O2.2C3H4N2.2C3H3NO.2C3H3NS/c3*1-2-4-6-5-3-1;1-2-6-4-3-5-1;1-2-5-4-6-3-1;1-3-6-4-2-5-1;1-2-4-5-3-1;1-2-6-4-3-5-1;1-2-5-3-4-1;1-2-4-5-3-1;1-2-5-3-4-1;1-2-4-5-3-1;1-2-5-3-4-1;1-2-4-5-3-1/h6H,1-5H2;1-5H;1-5H2;5-6H,1-4H2;1-4H;5H,1-4H2;5H,1-4H2;1-4H2;2*1-3H,(H,4,5);4*1-3H. The number of oxazole rings is 1. The summed E-state index contributed by atoms with van der Waals surface area (Å²) < 4.78 is 32.5. The van der Waals surface area contributed by atoms with E-state index < -0.39 is 0 Å². The molecule has 24 heteroatoms. The Morgan fingerprint density at radius 2 is 1.01 bits per heavy atom. The third-order valence-corrected chi connectivity index (χ3v) is 10.1. The van der Waals surface area contributed by atoms with Gasteiger partial charge in [0.15, 0.2) is 6.39 Å². The van der Waals surface area contributed by atoms with Crippen molar-refractivity contribution in [3.8, 4) is 0 Å². The molecular weight excluding hydrogens is 1020 g/mol. The Morgan fingerprint density at radius 1 is 0.390 bits per heavy atom. The van der Waals surface area contributed by atoms with Gasteiger partial charge in [0.25, 0.3) is 0 Å². The van der Waals surface area contributed by atoms with Crippen molar-refractivity contribution in [1.82, 2.24) is 81.2 Å². The number of hydrogen-bond donors (Lipinski definition) is 7. The summed E-state index contributed by atoms with van der Waals surface area (Å²) in [6.45, 7) is 18.5. The van der Waals surface area contributed by atoms with Crippen LogP contribution in [0.25, 0.3) is 0 Å². The van der Waals surface area contributed by atoms with Crippen LogP contribution in [-0.2, 0) is 18.9 Å². The van der Waals surface area contributed by atoms with E-state index in [1.54, 1.807) is 110 Å². The van der Waals surface area contributed by atoms with Crippen molar-refractivity contribution in [3.63, 3.8) is 0 Å². The number of pyridine rings is 1. The van der Waals surface area contributed by atoms with Crippen LogP contribution in [0.1, 0.15) is 51.4 Å². The number of hydrogen-bond acceptors (Lipinski definition) is 22. The van der Waals surface area contributed by atoms with E-state index in [4.69, 9.17) is 18.9 Å². The predicted molar refractivity (Wildman–Crippen MR) is 305 cm³/mol. The van der Waals surface area contributed by atoms with E-state index in [0.717, 1.165) is 92.1 Å². The molecule has 8 aromatic rings. The molecule has 0 aromatic carbocycles. The number of aromatic amines is 2. The molecule has 14 heterocycles. The number of morpholine rings is 1. The molecule has 14 rings (SSSR count). The van der Waals surface area contributed by atoms with Crippen LogP contribution in [-0.4, -0.2) is 173 Å². The largest absolute Gasteiger partial charge is 0.452 e. The highest BCUT2D eigenvalue weighted by atomic mass is 32.1. The van der Waals surface area contributed by atoms with Crippen molar-refractivity contribution < 1.29 is 27.9 Å². The number of rotatable bonds is 0. The number of nitrogens with one attached hydrogen (secondary N) is 7. The molecule has 426 valence electrons. The average molecular weight is 1110 g/mol. The molecule has 6 aliphatic heterocycles. The first-order chi connectivity index (χ1) is 38.5. The minimum atomic E-state index is 0.778. The number of imidazole rings is 1. The van der Waals surface area contributed by atoms with E-state index in [1.165, 1.54) is 114 Å². The molecule has 6 fully saturated rings. The lowest BCUT2D eigenvalue weighted by Gasteiger charge is -2.11. The molecule has 0 amide bonds. The second-order valence-electron chi connectivity index (χ2n) is 15.2.